The summed E-state index contributed by atoms with van der Waals surface area (Å²) in [7, 11) is -3.80. The molecular formula is C27H24N4O4S. The molecule has 5 rings (SSSR count). The number of imide groups is 1. The number of nitrogens with two attached hydrogens (primary N) is 1. The number of hydrogen-bond acceptors (Lipinski definition) is 5. The molecule has 0 unspecified atom stereocenters. The smallest absolute Gasteiger partial charge is 0.261 e. The highest BCUT2D eigenvalue weighted by Gasteiger charge is 2.34. The van der Waals surface area contributed by atoms with Gasteiger partial charge in [-0.25, -0.2) is 18.2 Å². The van der Waals surface area contributed by atoms with E-state index in [0.29, 0.717) is 36.2 Å². The first-order chi connectivity index (χ1) is 17.2. The Labute approximate surface area is 209 Å². The highest BCUT2D eigenvalue weighted by molar-refractivity contribution is 7.89. The molecule has 182 valence electrons. The Balaban J connectivity index is 1.39. The zero-order valence-corrected chi connectivity index (χ0v) is 20.4. The van der Waals surface area contributed by atoms with Crippen molar-refractivity contribution in [1.29, 1.82) is 0 Å². The zero-order valence-electron chi connectivity index (χ0n) is 19.6. The maximum absolute atomic E-state index is 12.6. The van der Waals surface area contributed by atoms with Gasteiger partial charge < -0.3 is 0 Å². The lowest BCUT2D eigenvalue weighted by Crippen LogP contribution is -2.31. The van der Waals surface area contributed by atoms with Crippen molar-refractivity contribution in [2.75, 3.05) is 6.54 Å². The molecule has 0 spiro atoms. The van der Waals surface area contributed by atoms with Gasteiger partial charge in [0.1, 0.15) is 0 Å². The SMILES string of the molecule is Cc1ccc(-c2cc(CCCN3C(=O)c4ccccc4C3=O)nn2-c2ccc(S(N)(=O)=O)cc2)cc1. The van der Waals surface area contributed by atoms with E-state index < -0.39 is 10.0 Å². The Bertz CT molecular complexity index is 1540. The summed E-state index contributed by atoms with van der Waals surface area (Å²) in [4.78, 5) is 26.6. The Morgan fingerprint density at radius 2 is 1.47 bits per heavy atom. The molecule has 0 aliphatic carbocycles. The molecule has 0 atom stereocenters. The second-order valence-corrected chi connectivity index (χ2v) is 10.3. The van der Waals surface area contributed by atoms with Crippen LogP contribution in [0.15, 0.2) is 83.8 Å². The lowest BCUT2D eigenvalue weighted by atomic mass is 10.1. The number of carbonyl (C=O) groups is 2. The Kier molecular flexibility index (Phi) is 6.03. The van der Waals surface area contributed by atoms with Crippen LogP contribution in [0.1, 0.15) is 38.4 Å². The number of amides is 2. The van der Waals surface area contributed by atoms with Crippen LogP contribution in [0.4, 0.5) is 0 Å². The van der Waals surface area contributed by atoms with Crippen LogP contribution in [-0.4, -0.2) is 41.5 Å². The summed E-state index contributed by atoms with van der Waals surface area (Å²) < 4.78 is 25.1. The minimum atomic E-state index is -3.80. The lowest BCUT2D eigenvalue weighted by molar-refractivity contribution is 0.0652. The normalized spacial score (nSPS) is 13.3. The largest absolute Gasteiger partial charge is 0.274 e. The Hall–Kier alpha value is -4.08. The van der Waals surface area contributed by atoms with Gasteiger partial charge in [-0.15, -0.1) is 0 Å². The van der Waals surface area contributed by atoms with Crippen LogP contribution in [0.3, 0.4) is 0 Å². The number of aryl methyl sites for hydroxylation is 2. The summed E-state index contributed by atoms with van der Waals surface area (Å²) in [6.45, 7) is 2.31. The van der Waals surface area contributed by atoms with Gasteiger partial charge in [-0.1, -0.05) is 42.0 Å². The Morgan fingerprint density at radius 3 is 2.06 bits per heavy atom. The summed E-state index contributed by atoms with van der Waals surface area (Å²) >= 11 is 0. The molecular weight excluding hydrogens is 476 g/mol. The van der Waals surface area contributed by atoms with Crippen molar-refractivity contribution in [1.82, 2.24) is 14.7 Å². The van der Waals surface area contributed by atoms with Gasteiger partial charge in [-0.2, -0.15) is 5.10 Å². The Morgan fingerprint density at radius 1 is 0.861 bits per heavy atom. The van der Waals surface area contributed by atoms with E-state index in [0.717, 1.165) is 22.5 Å². The summed E-state index contributed by atoms with van der Waals surface area (Å²) in [5.74, 6) is -0.534. The van der Waals surface area contributed by atoms with E-state index in [9.17, 15) is 18.0 Å². The first-order valence-electron chi connectivity index (χ1n) is 11.5. The van der Waals surface area contributed by atoms with Gasteiger partial charge >= 0.3 is 0 Å². The van der Waals surface area contributed by atoms with E-state index >= 15 is 0 Å². The van der Waals surface area contributed by atoms with Crippen LogP contribution in [0, 0.1) is 6.92 Å². The molecule has 0 saturated heterocycles. The molecule has 1 aliphatic heterocycles. The van der Waals surface area contributed by atoms with E-state index in [4.69, 9.17) is 10.2 Å². The maximum atomic E-state index is 12.6. The lowest BCUT2D eigenvalue weighted by Gasteiger charge is -2.12. The predicted octanol–water partition coefficient (Wildman–Crippen LogP) is 3.72. The minimum absolute atomic E-state index is 0.0245. The third kappa shape index (κ3) is 4.46. The van der Waals surface area contributed by atoms with E-state index in [1.807, 2.05) is 37.3 Å². The number of rotatable bonds is 7. The highest BCUT2D eigenvalue weighted by atomic mass is 32.2. The number of primary sulfonamides is 1. The molecule has 9 heteroatoms. The van der Waals surface area contributed by atoms with Crippen molar-refractivity contribution in [3.63, 3.8) is 0 Å². The minimum Gasteiger partial charge on any atom is -0.274 e. The van der Waals surface area contributed by atoms with Crippen molar-refractivity contribution in [3.8, 4) is 16.9 Å². The number of fused-ring (bicyclic) bond motifs is 1. The topological polar surface area (TPSA) is 115 Å². The van der Waals surface area contributed by atoms with Crippen LogP contribution in [0.5, 0.6) is 0 Å². The number of nitrogens with zero attached hydrogens (tertiary/aromatic N) is 3. The second-order valence-electron chi connectivity index (χ2n) is 8.75. The van der Waals surface area contributed by atoms with E-state index in [-0.39, 0.29) is 16.7 Å². The van der Waals surface area contributed by atoms with Crippen LogP contribution in [-0.2, 0) is 16.4 Å². The summed E-state index contributed by atoms with van der Waals surface area (Å²) in [5.41, 5.74) is 5.28. The van der Waals surface area contributed by atoms with Gasteiger partial charge in [0, 0.05) is 12.1 Å². The third-order valence-electron chi connectivity index (χ3n) is 6.21. The average molecular weight is 501 g/mol. The van der Waals surface area contributed by atoms with Crippen LogP contribution in [0.25, 0.3) is 16.9 Å². The standard InChI is InChI=1S/C27H24N4O4S/c1-18-8-10-19(11-9-18)25-17-20(29-31(25)21-12-14-22(15-13-21)36(28,34)35)5-4-16-30-26(32)23-6-2-3-7-24(23)27(30)33/h2-3,6-15,17H,4-5,16H2,1H3,(H2,28,34,35). The highest BCUT2D eigenvalue weighted by Crippen LogP contribution is 2.27. The van der Waals surface area contributed by atoms with Crippen molar-refractivity contribution in [3.05, 3.63) is 101 Å². The molecule has 3 aromatic carbocycles. The molecule has 0 bridgehead atoms. The molecule has 2 heterocycles. The quantitative estimate of drug-likeness (QED) is 0.388. The maximum Gasteiger partial charge on any atom is 0.261 e. The predicted molar refractivity (Wildman–Crippen MR) is 135 cm³/mol. The van der Waals surface area contributed by atoms with Crippen molar-refractivity contribution in [2.24, 2.45) is 5.14 Å². The third-order valence-corrected chi connectivity index (χ3v) is 7.14. The summed E-state index contributed by atoms with van der Waals surface area (Å²) in [5, 5.41) is 10.00. The van der Waals surface area contributed by atoms with Gasteiger partial charge in [0.05, 0.1) is 33.1 Å². The molecule has 2 amide bonds. The molecule has 2 N–H and O–H groups in total. The molecule has 0 fully saturated rings. The van der Waals surface area contributed by atoms with Gasteiger partial charge in [-0.05, 0) is 62.2 Å². The number of aromatic nitrogens is 2. The molecule has 0 radical (unpaired) electrons. The van der Waals surface area contributed by atoms with E-state index in [2.05, 4.69) is 0 Å². The zero-order chi connectivity index (χ0) is 25.4. The van der Waals surface area contributed by atoms with Crippen LogP contribution in [0.2, 0.25) is 0 Å². The van der Waals surface area contributed by atoms with Gasteiger partial charge in [-0.3, -0.25) is 14.5 Å². The fourth-order valence-electron chi connectivity index (χ4n) is 4.32. The number of benzene rings is 3. The van der Waals surface area contributed by atoms with Gasteiger partial charge in [0.2, 0.25) is 10.0 Å². The second kappa shape index (κ2) is 9.18. The first kappa shape index (κ1) is 23.7. The molecule has 1 aliphatic rings. The number of sulfonamides is 1. The molecule has 8 nitrogen and oxygen atoms in total. The average Bonchev–Trinajstić information content (AvgIpc) is 3.39. The van der Waals surface area contributed by atoms with Crippen molar-refractivity contribution < 1.29 is 18.0 Å². The first-order valence-corrected chi connectivity index (χ1v) is 13.0. The van der Waals surface area contributed by atoms with Gasteiger partial charge in [0.25, 0.3) is 11.8 Å². The van der Waals surface area contributed by atoms with Crippen LogP contribution < -0.4 is 5.14 Å². The van der Waals surface area contributed by atoms with Gasteiger partial charge in [0.15, 0.2) is 0 Å². The molecule has 4 aromatic rings. The van der Waals surface area contributed by atoms with Crippen LogP contribution >= 0.6 is 0 Å². The number of carbonyl (C=O) groups excluding carboxylic acids is 2. The molecule has 1 aromatic heterocycles. The van der Waals surface area contributed by atoms with Crippen molar-refractivity contribution >= 4 is 21.8 Å². The fraction of sp³-hybridized carbons (Fsp3) is 0.148. The molecule has 0 saturated carbocycles. The molecule has 36 heavy (non-hydrogen) atoms. The summed E-state index contributed by atoms with van der Waals surface area (Å²) in [6.07, 6.45) is 1.11. The monoisotopic (exact) mass is 500 g/mol. The summed E-state index contributed by atoms with van der Waals surface area (Å²) in [6, 6.07) is 23.1. The van der Waals surface area contributed by atoms with E-state index in [1.165, 1.54) is 17.0 Å². The fourth-order valence-corrected chi connectivity index (χ4v) is 4.83. The number of hydrogen-bond donors (Lipinski definition) is 1. The van der Waals surface area contributed by atoms with E-state index in [1.54, 1.807) is 41.1 Å². The van der Waals surface area contributed by atoms with Crippen molar-refractivity contribution in [2.45, 2.75) is 24.7 Å².